The number of ether oxygens (including phenoxy) is 1. The van der Waals surface area contributed by atoms with E-state index in [0.29, 0.717) is 25.9 Å². The highest BCUT2D eigenvalue weighted by atomic mass is 16.5. The predicted molar refractivity (Wildman–Crippen MR) is 73.4 cm³/mol. The Morgan fingerprint density at radius 3 is 2.45 bits per heavy atom. The second-order valence-corrected chi connectivity index (χ2v) is 4.55. The molecule has 0 aromatic heterocycles. The fourth-order valence-electron chi connectivity index (χ4n) is 1.93. The first-order valence-corrected chi connectivity index (χ1v) is 6.57. The molecule has 0 aliphatic carbocycles. The molecule has 0 spiro atoms. The fraction of sp³-hybridized carbons (Fsp3) is 0.500. The van der Waals surface area contributed by atoms with Gasteiger partial charge in [-0.05, 0) is 19.8 Å². The quantitative estimate of drug-likeness (QED) is 0.448. The second kappa shape index (κ2) is 8.14. The highest BCUT2D eigenvalue weighted by molar-refractivity contribution is 5.86. The van der Waals surface area contributed by atoms with E-state index >= 15 is 0 Å². The Labute approximate surface area is 118 Å². The van der Waals surface area contributed by atoms with Crippen LogP contribution in [0.4, 0.5) is 0 Å². The van der Waals surface area contributed by atoms with E-state index in [0.717, 1.165) is 0 Å². The fourth-order valence-corrected chi connectivity index (χ4v) is 1.93. The summed E-state index contributed by atoms with van der Waals surface area (Å²) in [6.07, 6.45) is 7.40. The number of primary amides is 1. The molecule has 1 fully saturated rings. The average Bonchev–Trinajstić information content (AvgIpc) is 2.45. The number of nitrogens with two attached hydrogens (primary N) is 1. The molecule has 1 aliphatic heterocycles. The van der Waals surface area contributed by atoms with E-state index in [9.17, 15) is 14.4 Å². The number of rotatable bonds is 5. The molecule has 6 heteroatoms. The van der Waals surface area contributed by atoms with Gasteiger partial charge in [0.2, 0.25) is 5.91 Å². The van der Waals surface area contributed by atoms with Crippen molar-refractivity contribution in [2.24, 2.45) is 11.7 Å². The van der Waals surface area contributed by atoms with Crippen LogP contribution in [0.25, 0.3) is 0 Å². The van der Waals surface area contributed by atoms with Crippen LogP contribution in [0.5, 0.6) is 0 Å². The number of carbonyl (C=O) groups excluding carboxylic acids is 3. The molecule has 1 saturated heterocycles. The first kappa shape index (κ1) is 15.9. The van der Waals surface area contributed by atoms with Crippen LogP contribution in [0.1, 0.15) is 19.8 Å². The minimum Gasteiger partial charge on any atom is -0.452 e. The smallest absolute Gasteiger partial charge is 0.331 e. The number of carbonyl (C=O) groups is 3. The van der Waals surface area contributed by atoms with E-state index in [2.05, 4.69) is 0 Å². The van der Waals surface area contributed by atoms with Crippen molar-refractivity contribution in [1.82, 2.24) is 4.90 Å². The zero-order valence-electron chi connectivity index (χ0n) is 11.6. The minimum atomic E-state index is -0.552. The Kier molecular flexibility index (Phi) is 6.49. The zero-order chi connectivity index (χ0) is 15.0. The summed E-state index contributed by atoms with van der Waals surface area (Å²) in [6.45, 7) is 2.49. The third-order valence-electron chi connectivity index (χ3n) is 3.12. The summed E-state index contributed by atoms with van der Waals surface area (Å²) in [6, 6.07) is 0. The third-order valence-corrected chi connectivity index (χ3v) is 3.12. The van der Waals surface area contributed by atoms with Crippen LogP contribution >= 0.6 is 0 Å². The summed E-state index contributed by atoms with van der Waals surface area (Å²) in [5.74, 6) is -1.29. The number of allylic oxidation sites excluding steroid dienone is 3. The number of hydrogen-bond donors (Lipinski definition) is 1. The van der Waals surface area contributed by atoms with Crippen molar-refractivity contribution in [2.75, 3.05) is 19.7 Å². The normalized spacial score (nSPS) is 16.8. The Bertz CT molecular complexity index is 421. The maximum absolute atomic E-state index is 11.8. The average molecular weight is 280 g/mol. The zero-order valence-corrected chi connectivity index (χ0v) is 11.6. The van der Waals surface area contributed by atoms with E-state index < -0.39 is 5.97 Å². The van der Waals surface area contributed by atoms with E-state index in [1.54, 1.807) is 23.1 Å². The molecule has 110 valence electrons. The van der Waals surface area contributed by atoms with Crippen molar-refractivity contribution in [2.45, 2.75) is 19.8 Å². The van der Waals surface area contributed by atoms with E-state index in [1.807, 2.05) is 6.92 Å². The molecule has 0 bridgehead atoms. The maximum atomic E-state index is 11.8. The van der Waals surface area contributed by atoms with Gasteiger partial charge in [-0.15, -0.1) is 0 Å². The Hall–Kier alpha value is -2.11. The maximum Gasteiger partial charge on any atom is 0.331 e. The van der Waals surface area contributed by atoms with Gasteiger partial charge in [0.25, 0.3) is 5.91 Å². The van der Waals surface area contributed by atoms with E-state index in [4.69, 9.17) is 10.5 Å². The predicted octanol–water partition coefficient (Wildman–Crippen LogP) is 0.386. The second-order valence-electron chi connectivity index (χ2n) is 4.55. The number of esters is 1. The number of amides is 2. The summed E-state index contributed by atoms with van der Waals surface area (Å²) in [4.78, 5) is 35.7. The third kappa shape index (κ3) is 5.26. The van der Waals surface area contributed by atoms with Gasteiger partial charge in [-0.25, -0.2) is 4.79 Å². The molecule has 2 N–H and O–H groups in total. The van der Waals surface area contributed by atoms with Crippen LogP contribution in [0, 0.1) is 5.92 Å². The Morgan fingerprint density at radius 1 is 1.25 bits per heavy atom. The summed E-state index contributed by atoms with van der Waals surface area (Å²) < 4.78 is 4.84. The molecule has 0 radical (unpaired) electrons. The molecule has 0 saturated carbocycles. The Morgan fingerprint density at radius 2 is 1.90 bits per heavy atom. The van der Waals surface area contributed by atoms with Crippen LogP contribution in [0.2, 0.25) is 0 Å². The van der Waals surface area contributed by atoms with Crippen molar-refractivity contribution < 1.29 is 19.1 Å². The van der Waals surface area contributed by atoms with Crippen molar-refractivity contribution in [3.8, 4) is 0 Å². The molecule has 6 nitrogen and oxygen atoms in total. The Balaban J connectivity index is 2.30. The van der Waals surface area contributed by atoms with Crippen LogP contribution in [-0.4, -0.2) is 42.4 Å². The monoisotopic (exact) mass is 280 g/mol. The first-order valence-electron chi connectivity index (χ1n) is 6.57. The lowest BCUT2D eigenvalue weighted by atomic mass is 9.96. The van der Waals surface area contributed by atoms with Crippen molar-refractivity contribution in [3.63, 3.8) is 0 Å². The van der Waals surface area contributed by atoms with Gasteiger partial charge in [-0.3, -0.25) is 9.59 Å². The molecule has 1 rings (SSSR count). The minimum absolute atomic E-state index is 0.162. The van der Waals surface area contributed by atoms with Crippen molar-refractivity contribution in [1.29, 1.82) is 0 Å². The van der Waals surface area contributed by atoms with Crippen LogP contribution in [0.3, 0.4) is 0 Å². The molecule has 0 unspecified atom stereocenters. The van der Waals surface area contributed by atoms with Gasteiger partial charge in [0.05, 0.1) is 0 Å². The number of likely N-dealkylation sites (tertiary alicyclic amines) is 1. The van der Waals surface area contributed by atoms with Gasteiger partial charge in [-0.1, -0.05) is 18.2 Å². The molecular weight excluding hydrogens is 260 g/mol. The standard InChI is InChI=1S/C14H20N2O4/c1-2-3-4-5-13(18)20-10-12(17)16-8-6-11(7-9-16)14(15)19/h2-5,11H,6-10H2,1H3,(H2,15,19)/b3-2+,5-4+. The molecule has 1 heterocycles. The molecule has 0 aromatic carbocycles. The van der Waals surface area contributed by atoms with Gasteiger partial charge < -0.3 is 15.4 Å². The molecule has 0 atom stereocenters. The van der Waals surface area contributed by atoms with Gasteiger partial charge in [-0.2, -0.15) is 0 Å². The summed E-state index contributed by atoms with van der Waals surface area (Å²) in [5.41, 5.74) is 5.22. The SMILES string of the molecule is C/C=C/C=C/C(=O)OCC(=O)N1CCC(C(N)=O)CC1. The lowest BCUT2D eigenvalue weighted by molar-refractivity contribution is -0.149. The van der Waals surface area contributed by atoms with Gasteiger partial charge in [0.15, 0.2) is 6.61 Å². The number of hydrogen-bond acceptors (Lipinski definition) is 4. The van der Waals surface area contributed by atoms with E-state index in [-0.39, 0.29) is 24.3 Å². The lowest BCUT2D eigenvalue weighted by Gasteiger charge is -2.30. The van der Waals surface area contributed by atoms with Gasteiger partial charge in [0, 0.05) is 25.1 Å². The highest BCUT2D eigenvalue weighted by Gasteiger charge is 2.26. The summed E-state index contributed by atoms with van der Waals surface area (Å²) >= 11 is 0. The molecular formula is C14H20N2O4. The highest BCUT2D eigenvalue weighted by Crippen LogP contribution is 2.16. The first-order chi connectivity index (χ1) is 9.54. The lowest BCUT2D eigenvalue weighted by Crippen LogP contribution is -2.43. The molecule has 20 heavy (non-hydrogen) atoms. The van der Waals surface area contributed by atoms with Gasteiger partial charge >= 0.3 is 5.97 Å². The molecule has 1 aliphatic rings. The molecule has 2 amide bonds. The van der Waals surface area contributed by atoms with Crippen molar-refractivity contribution >= 4 is 17.8 Å². The summed E-state index contributed by atoms with van der Waals surface area (Å²) in [5, 5.41) is 0. The summed E-state index contributed by atoms with van der Waals surface area (Å²) in [7, 11) is 0. The van der Waals surface area contributed by atoms with Crippen molar-refractivity contribution in [3.05, 3.63) is 24.3 Å². The number of piperidine rings is 1. The topological polar surface area (TPSA) is 89.7 Å². The van der Waals surface area contributed by atoms with Crippen LogP contribution in [-0.2, 0) is 19.1 Å². The number of nitrogens with zero attached hydrogens (tertiary/aromatic N) is 1. The molecule has 0 aromatic rings. The van der Waals surface area contributed by atoms with Gasteiger partial charge in [0.1, 0.15) is 0 Å². The van der Waals surface area contributed by atoms with Crippen LogP contribution in [0.15, 0.2) is 24.3 Å². The largest absolute Gasteiger partial charge is 0.452 e. The van der Waals surface area contributed by atoms with Crippen LogP contribution < -0.4 is 5.73 Å². The van der Waals surface area contributed by atoms with E-state index in [1.165, 1.54) is 6.08 Å².